The average molecular weight is 200 g/mol. The van der Waals surface area contributed by atoms with E-state index in [4.69, 9.17) is 0 Å². The van der Waals surface area contributed by atoms with Crippen LogP contribution in [0, 0.1) is 17.8 Å². The fourth-order valence-electron chi connectivity index (χ4n) is 1.82. The Morgan fingerprint density at radius 2 is 1.36 bits per heavy atom. The van der Waals surface area contributed by atoms with Crippen molar-refractivity contribution >= 4 is 0 Å². The van der Waals surface area contributed by atoms with Crippen LogP contribution in [0.3, 0.4) is 0 Å². The van der Waals surface area contributed by atoms with Gasteiger partial charge >= 0.3 is 0 Å². The Morgan fingerprint density at radius 1 is 0.857 bits per heavy atom. The molecule has 0 bridgehead atoms. The largest absolute Gasteiger partial charge is 0.0776 e. The third-order valence-corrected chi connectivity index (χ3v) is 3.36. The first-order chi connectivity index (χ1) is 6.11. The van der Waals surface area contributed by atoms with Gasteiger partial charge in [-0.05, 0) is 24.2 Å². The van der Waals surface area contributed by atoms with E-state index in [0.717, 1.165) is 17.8 Å². The summed E-state index contributed by atoms with van der Waals surface area (Å²) < 4.78 is 0. The van der Waals surface area contributed by atoms with Crippen LogP contribution in [0.5, 0.6) is 0 Å². The van der Waals surface area contributed by atoms with E-state index in [1.807, 2.05) is 0 Å². The summed E-state index contributed by atoms with van der Waals surface area (Å²) >= 11 is 0. The van der Waals surface area contributed by atoms with Crippen molar-refractivity contribution in [2.24, 2.45) is 17.8 Å². The van der Waals surface area contributed by atoms with Crippen LogP contribution in [0.1, 0.15) is 74.1 Å². The number of hydrogen-bond acceptors (Lipinski definition) is 0. The highest BCUT2D eigenvalue weighted by molar-refractivity contribution is 4.72. The molecule has 0 saturated heterocycles. The van der Waals surface area contributed by atoms with Gasteiger partial charge in [0.1, 0.15) is 0 Å². The molecule has 1 rings (SSSR count). The van der Waals surface area contributed by atoms with Crippen molar-refractivity contribution < 1.29 is 0 Å². The Bertz CT molecular complexity index is 105. The molecule has 88 valence electrons. The van der Waals surface area contributed by atoms with Gasteiger partial charge in [-0.2, -0.15) is 0 Å². The topological polar surface area (TPSA) is 0 Å². The van der Waals surface area contributed by atoms with E-state index >= 15 is 0 Å². The van der Waals surface area contributed by atoms with Crippen molar-refractivity contribution in [1.82, 2.24) is 0 Å². The molecule has 1 saturated carbocycles. The lowest BCUT2D eigenvalue weighted by Crippen LogP contribution is -2.18. The molecule has 0 aromatic heterocycles. The second-order valence-corrected chi connectivity index (χ2v) is 4.87. The second kappa shape index (κ2) is 9.55. The molecule has 1 aliphatic rings. The molecular formula is C14H32. The molecule has 0 heterocycles. The maximum Gasteiger partial charge on any atom is -0.0414 e. The first-order valence-electron chi connectivity index (χ1n) is 6.11. The number of unbranched alkanes of at least 4 members (excludes halogenated alkanes) is 1. The molecule has 0 aromatic rings. The lowest BCUT2D eigenvalue weighted by molar-refractivity contribution is 0.220. The molecule has 0 aliphatic heterocycles. The molecule has 0 aromatic carbocycles. The minimum Gasteiger partial charge on any atom is -0.0776 e. The molecule has 0 amide bonds. The van der Waals surface area contributed by atoms with Crippen LogP contribution in [0.25, 0.3) is 0 Å². The summed E-state index contributed by atoms with van der Waals surface area (Å²) in [6, 6.07) is 0. The summed E-state index contributed by atoms with van der Waals surface area (Å²) in [4.78, 5) is 0. The van der Waals surface area contributed by atoms with Gasteiger partial charge in [-0.3, -0.25) is 0 Å². The van der Waals surface area contributed by atoms with Crippen LogP contribution >= 0.6 is 0 Å². The smallest absolute Gasteiger partial charge is 0.0414 e. The van der Waals surface area contributed by atoms with Gasteiger partial charge in [0.25, 0.3) is 0 Å². The summed E-state index contributed by atoms with van der Waals surface area (Å²) in [7, 11) is 0. The van der Waals surface area contributed by atoms with Gasteiger partial charge in [0.05, 0.1) is 0 Å². The fraction of sp³-hybridized carbons (Fsp3) is 1.00. The quantitative estimate of drug-likeness (QED) is 0.523. The minimum atomic E-state index is 0. The molecule has 1 fully saturated rings. The van der Waals surface area contributed by atoms with Gasteiger partial charge in [0.15, 0.2) is 0 Å². The predicted molar refractivity (Wildman–Crippen MR) is 68.7 cm³/mol. The molecule has 0 heteroatoms. The Hall–Kier alpha value is 0. The third kappa shape index (κ3) is 7.41. The highest BCUT2D eigenvalue weighted by Crippen LogP contribution is 2.32. The van der Waals surface area contributed by atoms with Crippen molar-refractivity contribution in [3.8, 4) is 0 Å². The van der Waals surface area contributed by atoms with Crippen molar-refractivity contribution in [1.29, 1.82) is 0 Å². The molecule has 14 heavy (non-hydrogen) atoms. The zero-order valence-corrected chi connectivity index (χ0v) is 10.3. The van der Waals surface area contributed by atoms with E-state index in [2.05, 4.69) is 34.6 Å². The van der Waals surface area contributed by atoms with Gasteiger partial charge in [-0.15, -0.1) is 0 Å². The van der Waals surface area contributed by atoms with Crippen LogP contribution in [0.2, 0.25) is 0 Å². The summed E-state index contributed by atoms with van der Waals surface area (Å²) in [6.45, 7) is 11.5. The number of rotatable bonds is 1. The highest BCUT2D eigenvalue weighted by Gasteiger charge is 2.20. The van der Waals surface area contributed by atoms with E-state index in [1.165, 1.54) is 32.1 Å². The van der Waals surface area contributed by atoms with Gasteiger partial charge in [0.2, 0.25) is 0 Å². The Morgan fingerprint density at radius 3 is 1.64 bits per heavy atom. The van der Waals surface area contributed by atoms with E-state index in [1.54, 1.807) is 0 Å². The maximum atomic E-state index is 2.39. The maximum absolute atomic E-state index is 2.39. The average Bonchev–Trinajstić information content (AvgIpc) is 2.12. The van der Waals surface area contributed by atoms with Crippen LogP contribution in [-0.4, -0.2) is 0 Å². The normalized spacial score (nSPS) is 31.1. The van der Waals surface area contributed by atoms with Crippen molar-refractivity contribution in [2.75, 3.05) is 0 Å². The number of hydrogen-bond donors (Lipinski definition) is 0. The summed E-state index contributed by atoms with van der Waals surface area (Å²) in [5.41, 5.74) is 0. The molecule has 0 radical (unpaired) electrons. The summed E-state index contributed by atoms with van der Waals surface area (Å²) in [6.07, 6.45) is 7.02. The lowest BCUT2D eigenvalue weighted by Gasteiger charge is -2.29. The molecule has 0 nitrogen and oxygen atoms in total. The third-order valence-electron chi connectivity index (χ3n) is 3.36. The monoisotopic (exact) mass is 200 g/mol. The predicted octanol–water partition coefficient (Wildman–Crippen LogP) is 5.52. The molecular weight excluding hydrogens is 168 g/mol. The van der Waals surface area contributed by atoms with Crippen LogP contribution in [0.4, 0.5) is 0 Å². The Labute approximate surface area is 92.5 Å². The lowest BCUT2D eigenvalue weighted by atomic mass is 9.77. The van der Waals surface area contributed by atoms with Crippen molar-refractivity contribution in [2.45, 2.75) is 74.1 Å². The van der Waals surface area contributed by atoms with Crippen LogP contribution < -0.4 is 0 Å². The SMILES string of the molecule is C.CC1CCC(C)C(C)C1.CCCC. The van der Waals surface area contributed by atoms with Gasteiger partial charge in [-0.1, -0.05) is 67.7 Å². The van der Waals surface area contributed by atoms with Crippen LogP contribution in [0.15, 0.2) is 0 Å². The van der Waals surface area contributed by atoms with Crippen molar-refractivity contribution in [3.05, 3.63) is 0 Å². The molecule has 0 spiro atoms. The van der Waals surface area contributed by atoms with E-state index in [0.29, 0.717) is 0 Å². The highest BCUT2D eigenvalue weighted by atomic mass is 14.3. The van der Waals surface area contributed by atoms with Gasteiger partial charge in [0, 0.05) is 0 Å². The first kappa shape index (κ1) is 16.4. The standard InChI is InChI=1S/C9H18.C4H10.CH4/c1-7-4-5-8(2)9(3)6-7;1-3-4-2;/h7-9H,4-6H2,1-3H3;3-4H2,1-2H3;1H4. The summed E-state index contributed by atoms with van der Waals surface area (Å²) in [5.74, 6) is 2.96. The van der Waals surface area contributed by atoms with E-state index < -0.39 is 0 Å². The first-order valence-corrected chi connectivity index (χ1v) is 6.11. The molecule has 1 aliphatic carbocycles. The molecule has 0 N–H and O–H groups in total. The van der Waals surface area contributed by atoms with E-state index in [-0.39, 0.29) is 7.43 Å². The Balaban J connectivity index is 0. The van der Waals surface area contributed by atoms with Gasteiger partial charge < -0.3 is 0 Å². The Kier molecular flexibility index (Phi) is 11.2. The zero-order chi connectivity index (χ0) is 10.3. The van der Waals surface area contributed by atoms with E-state index in [9.17, 15) is 0 Å². The van der Waals surface area contributed by atoms with Crippen LogP contribution in [-0.2, 0) is 0 Å². The summed E-state index contributed by atoms with van der Waals surface area (Å²) in [5, 5.41) is 0. The molecule has 3 atom stereocenters. The minimum absolute atomic E-state index is 0. The van der Waals surface area contributed by atoms with Gasteiger partial charge in [-0.25, -0.2) is 0 Å². The second-order valence-electron chi connectivity index (χ2n) is 4.87. The molecule has 3 unspecified atom stereocenters. The van der Waals surface area contributed by atoms with Crippen molar-refractivity contribution in [3.63, 3.8) is 0 Å². The zero-order valence-electron chi connectivity index (χ0n) is 10.3. The fourth-order valence-corrected chi connectivity index (χ4v) is 1.82.